The summed E-state index contributed by atoms with van der Waals surface area (Å²) in [6.07, 6.45) is 5.31. The van der Waals surface area contributed by atoms with Crippen LogP contribution in [0, 0.1) is 0 Å². The molecular formula is C13H21N3OS. The molecule has 2 fully saturated rings. The first-order valence-corrected chi connectivity index (χ1v) is 7.68. The third-order valence-electron chi connectivity index (χ3n) is 3.79. The van der Waals surface area contributed by atoms with Crippen molar-refractivity contribution in [2.45, 2.75) is 44.6 Å². The van der Waals surface area contributed by atoms with Gasteiger partial charge in [0.15, 0.2) is 0 Å². The molecule has 4 nitrogen and oxygen atoms in total. The molecule has 0 bridgehead atoms. The molecule has 2 heterocycles. The zero-order chi connectivity index (χ0) is 12.5. The maximum Gasteiger partial charge on any atom is 0.142 e. The van der Waals surface area contributed by atoms with Gasteiger partial charge in [0, 0.05) is 25.3 Å². The SMILES string of the molecule is CCOC1CCCN(c2snc(N)c2C2CC2)C1. The maximum absolute atomic E-state index is 6.02. The fraction of sp³-hybridized carbons (Fsp3) is 0.769. The first kappa shape index (κ1) is 12.2. The molecule has 2 N–H and O–H groups in total. The van der Waals surface area contributed by atoms with Gasteiger partial charge in [-0.15, -0.1) is 0 Å². The number of hydrogen-bond donors (Lipinski definition) is 1. The Morgan fingerprint density at radius 1 is 1.44 bits per heavy atom. The van der Waals surface area contributed by atoms with Gasteiger partial charge in [-0.1, -0.05) is 0 Å². The van der Waals surface area contributed by atoms with E-state index < -0.39 is 0 Å². The lowest BCUT2D eigenvalue weighted by Crippen LogP contribution is -2.39. The molecule has 5 heteroatoms. The van der Waals surface area contributed by atoms with E-state index in [0.717, 1.165) is 25.5 Å². The normalized spacial score (nSPS) is 24.5. The minimum atomic E-state index is 0.374. The molecule has 0 radical (unpaired) electrons. The van der Waals surface area contributed by atoms with Crippen molar-refractivity contribution in [2.24, 2.45) is 0 Å². The first-order chi connectivity index (χ1) is 8.79. The summed E-state index contributed by atoms with van der Waals surface area (Å²) in [5.41, 5.74) is 7.34. The third-order valence-corrected chi connectivity index (χ3v) is 4.73. The molecule has 0 aromatic carbocycles. The second-order valence-corrected chi connectivity index (χ2v) is 5.98. The Balaban J connectivity index is 1.77. The highest BCUT2D eigenvalue weighted by Crippen LogP contribution is 2.49. The minimum absolute atomic E-state index is 0.374. The van der Waals surface area contributed by atoms with Crippen LogP contribution >= 0.6 is 11.5 Å². The smallest absolute Gasteiger partial charge is 0.142 e. The Morgan fingerprint density at radius 2 is 2.28 bits per heavy atom. The number of hydrogen-bond acceptors (Lipinski definition) is 5. The van der Waals surface area contributed by atoms with E-state index in [1.165, 1.54) is 36.2 Å². The topological polar surface area (TPSA) is 51.4 Å². The first-order valence-electron chi connectivity index (χ1n) is 6.91. The summed E-state index contributed by atoms with van der Waals surface area (Å²) in [6.45, 7) is 4.98. The summed E-state index contributed by atoms with van der Waals surface area (Å²) < 4.78 is 10.1. The van der Waals surface area contributed by atoms with Gasteiger partial charge in [0.25, 0.3) is 0 Å². The summed E-state index contributed by atoms with van der Waals surface area (Å²) in [7, 11) is 0. The zero-order valence-corrected chi connectivity index (χ0v) is 11.7. The lowest BCUT2D eigenvalue weighted by Gasteiger charge is -2.33. The van der Waals surface area contributed by atoms with Gasteiger partial charge in [-0.25, -0.2) is 0 Å². The van der Waals surface area contributed by atoms with Gasteiger partial charge >= 0.3 is 0 Å². The highest BCUT2D eigenvalue weighted by molar-refractivity contribution is 7.10. The number of rotatable bonds is 4. The van der Waals surface area contributed by atoms with E-state index in [-0.39, 0.29) is 0 Å². The van der Waals surface area contributed by atoms with Crippen LogP contribution in [0.4, 0.5) is 10.8 Å². The van der Waals surface area contributed by atoms with E-state index in [9.17, 15) is 0 Å². The van der Waals surface area contributed by atoms with Gasteiger partial charge in [0.2, 0.25) is 0 Å². The van der Waals surface area contributed by atoms with Crippen molar-refractivity contribution in [1.82, 2.24) is 4.37 Å². The zero-order valence-electron chi connectivity index (χ0n) is 10.9. The van der Waals surface area contributed by atoms with Crippen LogP contribution in [0.3, 0.4) is 0 Å². The van der Waals surface area contributed by atoms with Gasteiger partial charge in [0.05, 0.1) is 6.10 Å². The Hall–Kier alpha value is -0.810. The van der Waals surface area contributed by atoms with E-state index in [2.05, 4.69) is 16.2 Å². The quantitative estimate of drug-likeness (QED) is 0.911. The highest BCUT2D eigenvalue weighted by atomic mass is 32.1. The van der Waals surface area contributed by atoms with Gasteiger partial charge in [-0.2, -0.15) is 4.37 Å². The number of ether oxygens (including phenoxy) is 1. The van der Waals surface area contributed by atoms with Crippen LogP contribution in [-0.4, -0.2) is 30.2 Å². The summed E-state index contributed by atoms with van der Waals surface area (Å²) in [6, 6.07) is 0. The Morgan fingerprint density at radius 3 is 3.00 bits per heavy atom. The Bertz CT molecular complexity index is 414. The van der Waals surface area contributed by atoms with Crippen molar-refractivity contribution in [1.29, 1.82) is 0 Å². The molecule has 2 aliphatic rings. The largest absolute Gasteiger partial charge is 0.383 e. The lowest BCUT2D eigenvalue weighted by atomic mass is 10.1. The minimum Gasteiger partial charge on any atom is -0.383 e. The molecule has 1 unspecified atom stereocenters. The Kier molecular flexibility index (Phi) is 3.43. The van der Waals surface area contributed by atoms with E-state index in [0.29, 0.717) is 12.0 Å². The number of nitrogen functional groups attached to an aromatic ring is 1. The number of piperidine rings is 1. The molecule has 1 saturated heterocycles. The second kappa shape index (κ2) is 5.05. The predicted octanol–water partition coefficient (Wildman–Crippen LogP) is 2.61. The van der Waals surface area contributed by atoms with Gasteiger partial charge in [0.1, 0.15) is 10.8 Å². The average Bonchev–Trinajstić information content (AvgIpc) is 3.13. The van der Waals surface area contributed by atoms with Gasteiger partial charge < -0.3 is 15.4 Å². The summed E-state index contributed by atoms with van der Waals surface area (Å²) >= 11 is 1.57. The molecule has 1 aliphatic carbocycles. The second-order valence-electron chi connectivity index (χ2n) is 5.23. The molecule has 100 valence electrons. The van der Waals surface area contributed by atoms with Crippen LogP contribution in [0.25, 0.3) is 0 Å². The number of nitrogens with zero attached hydrogens (tertiary/aromatic N) is 2. The summed E-state index contributed by atoms with van der Waals surface area (Å²) in [5, 5.41) is 1.31. The van der Waals surface area contributed by atoms with Crippen molar-refractivity contribution in [2.75, 3.05) is 30.3 Å². The van der Waals surface area contributed by atoms with Gasteiger partial charge in [-0.3, -0.25) is 0 Å². The molecular weight excluding hydrogens is 246 g/mol. The maximum atomic E-state index is 6.02. The molecule has 3 rings (SSSR count). The summed E-state index contributed by atoms with van der Waals surface area (Å²) in [4.78, 5) is 2.44. The van der Waals surface area contributed by atoms with Crippen LogP contribution in [0.1, 0.15) is 44.1 Å². The van der Waals surface area contributed by atoms with Crippen molar-refractivity contribution in [3.8, 4) is 0 Å². The molecule has 18 heavy (non-hydrogen) atoms. The molecule has 1 aromatic rings. The Labute approximate surface area is 112 Å². The summed E-state index contributed by atoms with van der Waals surface area (Å²) in [5.74, 6) is 1.43. The van der Waals surface area contributed by atoms with Crippen LogP contribution in [0.15, 0.2) is 0 Å². The monoisotopic (exact) mass is 267 g/mol. The number of aromatic nitrogens is 1. The van der Waals surface area contributed by atoms with Crippen molar-refractivity contribution in [3.05, 3.63) is 5.56 Å². The fourth-order valence-corrected chi connectivity index (χ4v) is 3.71. The number of nitrogens with two attached hydrogens (primary N) is 1. The van der Waals surface area contributed by atoms with Crippen LogP contribution < -0.4 is 10.6 Å². The van der Waals surface area contributed by atoms with E-state index in [1.54, 1.807) is 11.5 Å². The van der Waals surface area contributed by atoms with E-state index in [4.69, 9.17) is 10.5 Å². The van der Waals surface area contributed by atoms with Crippen LogP contribution in [0.2, 0.25) is 0 Å². The van der Waals surface area contributed by atoms with Gasteiger partial charge in [-0.05, 0) is 50.1 Å². The standard InChI is InChI=1S/C13H21N3OS/c1-2-17-10-4-3-7-16(8-10)13-11(9-5-6-9)12(14)15-18-13/h9-10H,2-8H2,1H3,(H2,14,15). The molecule has 1 aliphatic heterocycles. The highest BCUT2D eigenvalue weighted by Gasteiger charge is 2.33. The molecule has 1 atom stereocenters. The number of anilines is 2. The van der Waals surface area contributed by atoms with Crippen molar-refractivity contribution < 1.29 is 4.74 Å². The predicted molar refractivity (Wildman–Crippen MR) is 75.4 cm³/mol. The van der Waals surface area contributed by atoms with Crippen LogP contribution in [-0.2, 0) is 4.74 Å². The van der Waals surface area contributed by atoms with Crippen molar-refractivity contribution in [3.63, 3.8) is 0 Å². The van der Waals surface area contributed by atoms with Crippen molar-refractivity contribution >= 4 is 22.4 Å². The van der Waals surface area contributed by atoms with E-state index in [1.807, 2.05) is 0 Å². The fourth-order valence-electron chi connectivity index (χ4n) is 2.78. The molecule has 0 spiro atoms. The molecule has 1 aromatic heterocycles. The molecule has 0 amide bonds. The molecule has 1 saturated carbocycles. The third kappa shape index (κ3) is 2.34. The van der Waals surface area contributed by atoms with Crippen LogP contribution in [0.5, 0.6) is 0 Å². The average molecular weight is 267 g/mol. The lowest BCUT2D eigenvalue weighted by molar-refractivity contribution is 0.0528. The van der Waals surface area contributed by atoms with E-state index >= 15 is 0 Å².